The maximum atomic E-state index is 13.4. The number of rotatable bonds is 7. The Kier molecular flexibility index (Phi) is 6.87. The molecule has 0 N–H and O–H groups in total. The topological polar surface area (TPSA) is 46.6 Å². The minimum atomic E-state index is -0.294. The average Bonchev–Trinajstić information content (AvgIpc) is 2.72. The van der Waals surface area contributed by atoms with Crippen molar-refractivity contribution < 1.29 is 14.3 Å². The van der Waals surface area contributed by atoms with E-state index >= 15 is 0 Å². The number of ketones is 2. The second kappa shape index (κ2) is 9.35. The second-order valence-corrected chi connectivity index (χ2v) is 7.71. The van der Waals surface area contributed by atoms with Crippen LogP contribution in [0.2, 0.25) is 5.02 Å². The van der Waals surface area contributed by atoms with Crippen molar-refractivity contribution in [3.8, 4) is 5.75 Å². The van der Waals surface area contributed by atoms with E-state index in [0.717, 1.165) is 31.5 Å². The maximum Gasteiger partial charge on any atom is 0.180 e. The molecule has 1 unspecified atom stereocenters. The molecule has 3 rings (SSSR count). The van der Waals surface area contributed by atoms with Crippen molar-refractivity contribution in [2.75, 3.05) is 20.2 Å². The highest BCUT2D eigenvalue weighted by molar-refractivity contribution is 6.30. The number of halogens is 1. The van der Waals surface area contributed by atoms with Gasteiger partial charge in [0, 0.05) is 16.1 Å². The van der Waals surface area contributed by atoms with Crippen LogP contribution in [-0.2, 0) is 6.42 Å². The molecule has 1 heterocycles. The molecule has 0 radical (unpaired) electrons. The molecule has 1 saturated heterocycles. The zero-order valence-corrected chi connectivity index (χ0v) is 17.2. The van der Waals surface area contributed by atoms with Crippen LogP contribution in [0.1, 0.15) is 52.5 Å². The highest BCUT2D eigenvalue weighted by Crippen LogP contribution is 2.26. The molecule has 0 saturated carbocycles. The van der Waals surface area contributed by atoms with E-state index in [2.05, 4.69) is 4.90 Å². The Hall–Kier alpha value is -2.17. The summed E-state index contributed by atoms with van der Waals surface area (Å²) >= 11 is 5.99. The summed E-state index contributed by atoms with van der Waals surface area (Å²) in [5.74, 6) is 0.784. The summed E-state index contributed by atoms with van der Waals surface area (Å²) in [6, 6.07) is 12.2. The van der Waals surface area contributed by atoms with Gasteiger partial charge in [0.1, 0.15) is 5.75 Å². The van der Waals surface area contributed by atoms with E-state index in [0.29, 0.717) is 28.3 Å². The molecule has 4 nitrogen and oxygen atoms in total. The van der Waals surface area contributed by atoms with Crippen molar-refractivity contribution in [3.63, 3.8) is 0 Å². The van der Waals surface area contributed by atoms with Gasteiger partial charge in [-0.15, -0.1) is 0 Å². The van der Waals surface area contributed by atoms with Crippen LogP contribution in [0.3, 0.4) is 0 Å². The number of likely N-dealkylation sites (tertiary alicyclic amines) is 1. The summed E-state index contributed by atoms with van der Waals surface area (Å²) in [6.07, 6.45) is 3.89. The Morgan fingerprint density at radius 2 is 1.68 bits per heavy atom. The lowest BCUT2D eigenvalue weighted by Gasteiger charge is -2.34. The highest BCUT2D eigenvalue weighted by atomic mass is 35.5. The number of hydrogen-bond donors (Lipinski definition) is 0. The van der Waals surface area contributed by atoms with Gasteiger partial charge >= 0.3 is 0 Å². The molecular formula is C23H26ClNO3. The maximum absolute atomic E-state index is 13.4. The van der Waals surface area contributed by atoms with E-state index in [-0.39, 0.29) is 17.6 Å². The van der Waals surface area contributed by atoms with Gasteiger partial charge in [0.25, 0.3) is 0 Å². The third kappa shape index (κ3) is 4.81. The molecule has 1 fully saturated rings. The lowest BCUT2D eigenvalue weighted by atomic mass is 9.93. The number of ether oxygens (including phenoxy) is 1. The SMILES string of the molecule is COc1ccc(C(C)=O)cc1CC(C(=O)c1ccc(Cl)cc1)N1CCCCC1. The van der Waals surface area contributed by atoms with Crippen LogP contribution in [0.4, 0.5) is 0 Å². The number of Topliss-reactive ketones (excluding diaryl/α,β-unsaturated/α-hetero) is 2. The van der Waals surface area contributed by atoms with E-state index in [1.807, 2.05) is 12.1 Å². The van der Waals surface area contributed by atoms with E-state index in [9.17, 15) is 9.59 Å². The first-order valence-corrected chi connectivity index (χ1v) is 10.1. The van der Waals surface area contributed by atoms with E-state index < -0.39 is 0 Å². The Balaban J connectivity index is 1.95. The van der Waals surface area contributed by atoms with Gasteiger partial charge in [0.15, 0.2) is 11.6 Å². The molecule has 0 aromatic heterocycles. The molecule has 0 amide bonds. The van der Waals surface area contributed by atoms with Crippen LogP contribution < -0.4 is 4.74 Å². The van der Waals surface area contributed by atoms with Crippen molar-refractivity contribution in [1.29, 1.82) is 0 Å². The molecule has 1 atom stereocenters. The van der Waals surface area contributed by atoms with Crippen molar-refractivity contribution in [2.24, 2.45) is 0 Å². The van der Waals surface area contributed by atoms with Crippen LogP contribution in [-0.4, -0.2) is 42.7 Å². The molecule has 2 aromatic rings. The van der Waals surface area contributed by atoms with Crippen LogP contribution >= 0.6 is 11.6 Å². The molecule has 0 aliphatic carbocycles. The van der Waals surface area contributed by atoms with Crippen LogP contribution in [0.5, 0.6) is 5.75 Å². The van der Waals surface area contributed by atoms with Crippen LogP contribution in [0.25, 0.3) is 0 Å². The molecular weight excluding hydrogens is 374 g/mol. The first-order valence-electron chi connectivity index (χ1n) is 9.71. The number of piperidine rings is 1. The summed E-state index contributed by atoms with van der Waals surface area (Å²) in [6.45, 7) is 3.35. The number of nitrogens with zero attached hydrogens (tertiary/aromatic N) is 1. The Labute approximate surface area is 171 Å². The molecule has 5 heteroatoms. The number of carbonyl (C=O) groups is 2. The number of carbonyl (C=O) groups excluding carboxylic acids is 2. The fourth-order valence-corrected chi connectivity index (χ4v) is 3.92. The largest absolute Gasteiger partial charge is 0.496 e. The third-order valence-electron chi connectivity index (χ3n) is 5.36. The zero-order valence-electron chi connectivity index (χ0n) is 16.4. The predicted octanol–water partition coefficient (Wildman–Crippen LogP) is 4.83. The monoisotopic (exact) mass is 399 g/mol. The standard InChI is InChI=1S/C23H26ClNO3/c1-16(26)18-8-11-22(28-2)19(14-18)15-21(25-12-4-3-5-13-25)23(27)17-6-9-20(24)10-7-17/h6-11,14,21H,3-5,12-13,15H2,1-2H3. The number of hydrogen-bond acceptors (Lipinski definition) is 4. The van der Waals surface area contributed by atoms with E-state index in [4.69, 9.17) is 16.3 Å². The Morgan fingerprint density at radius 3 is 2.29 bits per heavy atom. The molecule has 1 aliphatic rings. The molecule has 1 aliphatic heterocycles. The lowest BCUT2D eigenvalue weighted by Crippen LogP contribution is -2.45. The lowest BCUT2D eigenvalue weighted by molar-refractivity contribution is 0.0782. The fourth-order valence-electron chi connectivity index (χ4n) is 3.79. The molecule has 2 aromatic carbocycles. The van der Waals surface area contributed by atoms with Gasteiger partial charge in [0.05, 0.1) is 13.2 Å². The van der Waals surface area contributed by atoms with Gasteiger partial charge in [-0.2, -0.15) is 0 Å². The van der Waals surface area contributed by atoms with Crippen molar-refractivity contribution in [1.82, 2.24) is 4.90 Å². The van der Waals surface area contributed by atoms with Crippen molar-refractivity contribution >= 4 is 23.2 Å². The van der Waals surface area contributed by atoms with Gasteiger partial charge in [-0.3, -0.25) is 14.5 Å². The van der Waals surface area contributed by atoms with E-state index in [1.165, 1.54) is 6.42 Å². The number of benzene rings is 2. The Bertz CT molecular complexity index is 841. The van der Waals surface area contributed by atoms with Crippen LogP contribution in [0.15, 0.2) is 42.5 Å². The Morgan fingerprint density at radius 1 is 1.04 bits per heavy atom. The predicted molar refractivity (Wildman–Crippen MR) is 112 cm³/mol. The van der Waals surface area contributed by atoms with E-state index in [1.54, 1.807) is 44.4 Å². The minimum Gasteiger partial charge on any atom is -0.496 e. The third-order valence-corrected chi connectivity index (χ3v) is 5.61. The van der Waals surface area contributed by atoms with Crippen LogP contribution in [0, 0.1) is 0 Å². The summed E-state index contributed by atoms with van der Waals surface area (Å²) < 4.78 is 5.51. The normalized spacial score (nSPS) is 15.8. The highest BCUT2D eigenvalue weighted by Gasteiger charge is 2.29. The summed E-state index contributed by atoms with van der Waals surface area (Å²) in [5, 5.41) is 0.613. The quantitative estimate of drug-likeness (QED) is 0.625. The first-order chi connectivity index (χ1) is 13.5. The number of methoxy groups -OCH3 is 1. The molecule has 0 bridgehead atoms. The van der Waals surface area contributed by atoms with Gasteiger partial charge in [-0.25, -0.2) is 0 Å². The van der Waals surface area contributed by atoms with Crippen molar-refractivity contribution in [3.05, 3.63) is 64.2 Å². The average molecular weight is 400 g/mol. The molecule has 0 spiro atoms. The summed E-state index contributed by atoms with van der Waals surface area (Å²) in [5.41, 5.74) is 2.17. The summed E-state index contributed by atoms with van der Waals surface area (Å²) in [4.78, 5) is 27.5. The van der Waals surface area contributed by atoms with Gasteiger partial charge in [-0.1, -0.05) is 18.0 Å². The molecule has 28 heavy (non-hydrogen) atoms. The smallest absolute Gasteiger partial charge is 0.180 e. The zero-order chi connectivity index (χ0) is 20.1. The van der Waals surface area contributed by atoms with Gasteiger partial charge < -0.3 is 4.74 Å². The molecule has 148 valence electrons. The fraction of sp³-hybridized carbons (Fsp3) is 0.391. The van der Waals surface area contributed by atoms with Gasteiger partial charge in [-0.05, 0) is 87.3 Å². The summed E-state index contributed by atoms with van der Waals surface area (Å²) in [7, 11) is 1.61. The van der Waals surface area contributed by atoms with Crippen molar-refractivity contribution in [2.45, 2.75) is 38.6 Å². The van der Waals surface area contributed by atoms with Gasteiger partial charge in [0.2, 0.25) is 0 Å². The minimum absolute atomic E-state index is 0.00227. The second-order valence-electron chi connectivity index (χ2n) is 7.27. The first kappa shape index (κ1) is 20.6.